The first-order chi connectivity index (χ1) is 15.4. The highest BCUT2D eigenvalue weighted by molar-refractivity contribution is 9.10. The minimum absolute atomic E-state index is 0.0951. The molecule has 2 unspecified atom stereocenters. The van der Waals surface area contributed by atoms with E-state index >= 15 is 0 Å². The van der Waals surface area contributed by atoms with Crippen LogP contribution in [0.3, 0.4) is 0 Å². The zero-order chi connectivity index (χ0) is 24.8. The predicted octanol–water partition coefficient (Wildman–Crippen LogP) is 5.15. The number of hydrogen-bond acceptors (Lipinski definition) is 5. The molecular weight excluding hydrogens is 521 g/mol. The number of carboxylic acids is 1. The maximum Gasteiger partial charge on any atom is 0.307 e. The molecule has 2 atom stereocenters. The van der Waals surface area contributed by atoms with Gasteiger partial charge in [-0.3, -0.25) is 4.79 Å². The van der Waals surface area contributed by atoms with Crippen molar-refractivity contribution in [2.45, 2.75) is 52.2 Å². The number of nitrogens with one attached hydrogen (secondary N) is 1. The third kappa shape index (κ3) is 8.74. The zero-order valence-electron chi connectivity index (χ0n) is 19.2. The number of hydrogen-bond donors (Lipinski definition) is 2. The predicted molar refractivity (Wildman–Crippen MR) is 125 cm³/mol. The summed E-state index contributed by atoms with van der Waals surface area (Å²) < 4.78 is 47.9. The molecule has 1 aromatic heterocycles. The van der Waals surface area contributed by atoms with Crippen LogP contribution in [0.15, 0.2) is 16.9 Å². The van der Waals surface area contributed by atoms with E-state index in [4.69, 9.17) is 4.74 Å². The van der Waals surface area contributed by atoms with E-state index in [9.17, 15) is 23.1 Å². The van der Waals surface area contributed by atoms with Gasteiger partial charge in [-0.05, 0) is 58.4 Å². The Morgan fingerprint density at radius 2 is 1.91 bits per heavy atom. The van der Waals surface area contributed by atoms with Gasteiger partial charge < -0.3 is 15.2 Å². The van der Waals surface area contributed by atoms with E-state index in [0.29, 0.717) is 30.3 Å². The molecule has 1 heterocycles. The molecule has 0 aliphatic heterocycles. The van der Waals surface area contributed by atoms with Gasteiger partial charge in [-0.2, -0.15) is 4.98 Å². The maximum atomic E-state index is 13.5. The third-order valence-corrected chi connectivity index (χ3v) is 7.28. The number of anilines is 1. The Kier molecular flexibility index (Phi) is 9.92. The molecule has 0 radical (unpaired) electrons. The molecule has 0 aliphatic carbocycles. The fourth-order valence-electron chi connectivity index (χ4n) is 3.19. The smallest absolute Gasteiger partial charge is 0.307 e. The highest BCUT2D eigenvalue weighted by Gasteiger charge is 2.26. The molecule has 12 heteroatoms. The van der Waals surface area contributed by atoms with Crippen molar-refractivity contribution in [3.8, 4) is 0 Å². The second-order valence-electron chi connectivity index (χ2n) is 9.27. The van der Waals surface area contributed by atoms with Gasteiger partial charge in [-0.15, -0.1) is 5.10 Å². The van der Waals surface area contributed by atoms with Gasteiger partial charge in [0, 0.05) is 21.2 Å². The summed E-state index contributed by atoms with van der Waals surface area (Å²) in [7, 11) is -1.20. The van der Waals surface area contributed by atoms with E-state index < -0.39 is 37.4 Å². The Labute approximate surface area is 200 Å². The van der Waals surface area contributed by atoms with E-state index in [-0.39, 0.29) is 24.6 Å². The Bertz CT molecular complexity index is 932. The summed E-state index contributed by atoms with van der Waals surface area (Å²) in [6, 6.07) is 2.70. The summed E-state index contributed by atoms with van der Waals surface area (Å²) in [5, 5.41) is 17.0. The quantitative estimate of drug-likeness (QED) is 0.203. The van der Waals surface area contributed by atoms with E-state index in [0.717, 1.165) is 18.2 Å². The molecule has 0 fully saturated rings. The molecule has 0 amide bonds. The lowest BCUT2D eigenvalue weighted by atomic mass is 9.86. The molecule has 0 bridgehead atoms. The molecule has 2 aromatic rings. The first-order valence-electron chi connectivity index (χ1n) is 10.7. The van der Waals surface area contributed by atoms with Crippen LogP contribution in [0.4, 0.5) is 19.1 Å². The number of aromatic nitrogens is 3. The van der Waals surface area contributed by atoms with E-state index in [1.165, 1.54) is 0 Å². The van der Waals surface area contributed by atoms with Gasteiger partial charge in [0.25, 0.3) is 0 Å². The Balaban J connectivity index is 1.92. The van der Waals surface area contributed by atoms with Gasteiger partial charge in [-0.1, -0.05) is 26.6 Å². The van der Waals surface area contributed by atoms with Crippen LogP contribution in [0.5, 0.6) is 0 Å². The Morgan fingerprint density at radius 3 is 2.48 bits per heavy atom. The molecule has 0 saturated carbocycles. The highest BCUT2D eigenvalue weighted by Crippen LogP contribution is 2.24. The fraction of sp³-hybridized carbons (Fsp3) is 0.571. The molecule has 1 aromatic carbocycles. The van der Waals surface area contributed by atoms with Gasteiger partial charge in [0.05, 0.1) is 5.92 Å². The summed E-state index contributed by atoms with van der Waals surface area (Å²) in [5.41, 5.74) is 0.0951. The summed E-state index contributed by atoms with van der Waals surface area (Å²) in [5.74, 6) is -6.07. The van der Waals surface area contributed by atoms with Crippen molar-refractivity contribution >= 4 is 35.9 Å². The SMILES string of the molecule is CC(CCNc1nc(Br)nn1COCC[Si](C)(C)C)C(Cc1cc(F)c(F)c(F)c1)C(=O)O. The van der Waals surface area contributed by atoms with Gasteiger partial charge in [0.1, 0.15) is 6.73 Å². The Morgan fingerprint density at radius 1 is 1.27 bits per heavy atom. The average Bonchev–Trinajstić information content (AvgIpc) is 3.05. The van der Waals surface area contributed by atoms with Gasteiger partial charge in [-0.25, -0.2) is 17.9 Å². The Hall–Kier alpha value is -1.92. The van der Waals surface area contributed by atoms with Crippen molar-refractivity contribution in [3.63, 3.8) is 0 Å². The number of carbonyl (C=O) groups is 1. The normalized spacial score (nSPS) is 13.7. The van der Waals surface area contributed by atoms with Gasteiger partial charge in [0.15, 0.2) is 17.5 Å². The van der Waals surface area contributed by atoms with Crippen LogP contribution in [0.2, 0.25) is 25.7 Å². The second kappa shape index (κ2) is 12.0. The lowest BCUT2D eigenvalue weighted by Crippen LogP contribution is -2.26. The molecule has 0 spiro atoms. The minimum Gasteiger partial charge on any atom is -0.481 e. The van der Waals surface area contributed by atoms with Crippen LogP contribution in [-0.4, -0.2) is 47.1 Å². The maximum absolute atomic E-state index is 13.5. The van der Waals surface area contributed by atoms with Crippen molar-refractivity contribution in [1.29, 1.82) is 0 Å². The fourth-order valence-corrected chi connectivity index (χ4v) is 4.31. The van der Waals surface area contributed by atoms with Crippen LogP contribution in [-0.2, 0) is 22.7 Å². The standard InChI is InChI=1S/C21H30BrF3N4O3Si/c1-13(15(19(30)31)9-14-10-16(23)18(25)17(24)11-14)5-6-26-21-27-20(22)28-29(21)12-32-7-8-33(2,3)4/h10-11,13,15H,5-9,12H2,1-4H3,(H,30,31)(H,26,27,28). The largest absolute Gasteiger partial charge is 0.481 e. The van der Waals surface area contributed by atoms with Crippen molar-refractivity contribution in [2.75, 3.05) is 18.5 Å². The summed E-state index contributed by atoms with van der Waals surface area (Å²) in [6.45, 7) is 9.82. The van der Waals surface area contributed by atoms with Gasteiger partial charge in [0.2, 0.25) is 10.7 Å². The van der Waals surface area contributed by atoms with Crippen LogP contribution in [0.1, 0.15) is 18.9 Å². The minimum atomic E-state index is -1.57. The number of aliphatic carboxylic acids is 1. The van der Waals surface area contributed by atoms with Crippen molar-refractivity contribution in [1.82, 2.24) is 14.8 Å². The topological polar surface area (TPSA) is 89.3 Å². The summed E-state index contributed by atoms with van der Waals surface area (Å²) >= 11 is 3.24. The average molecular weight is 551 g/mol. The molecule has 2 rings (SSSR count). The summed E-state index contributed by atoms with van der Waals surface area (Å²) in [4.78, 5) is 16.0. The van der Waals surface area contributed by atoms with E-state index in [1.807, 2.05) is 0 Å². The van der Waals surface area contributed by atoms with Crippen LogP contribution >= 0.6 is 15.9 Å². The number of nitrogens with zero attached hydrogens (tertiary/aromatic N) is 3. The molecule has 184 valence electrons. The number of ether oxygens (including phenoxy) is 1. The zero-order valence-corrected chi connectivity index (χ0v) is 21.8. The van der Waals surface area contributed by atoms with E-state index in [1.54, 1.807) is 11.6 Å². The second-order valence-corrected chi connectivity index (χ2v) is 15.6. The van der Waals surface area contributed by atoms with Crippen molar-refractivity contribution < 1.29 is 27.8 Å². The first-order valence-corrected chi connectivity index (χ1v) is 15.2. The molecule has 0 aliphatic rings. The summed E-state index contributed by atoms with van der Waals surface area (Å²) in [6.07, 6.45) is 0.335. The third-order valence-electron chi connectivity index (χ3n) is 5.24. The molecule has 33 heavy (non-hydrogen) atoms. The lowest BCUT2D eigenvalue weighted by Gasteiger charge is -2.21. The number of benzene rings is 1. The monoisotopic (exact) mass is 550 g/mol. The first kappa shape index (κ1) is 27.3. The van der Waals surface area contributed by atoms with Crippen molar-refractivity contribution in [2.24, 2.45) is 11.8 Å². The van der Waals surface area contributed by atoms with E-state index in [2.05, 4.69) is 51.0 Å². The van der Waals surface area contributed by atoms with Crippen molar-refractivity contribution in [3.05, 3.63) is 39.9 Å². The van der Waals surface area contributed by atoms with Crippen LogP contribution in [0.25, 0.3) is 0 Å². The molecule has 0 saturated heterocycles. The molecule has 7 nitrogen and oxygen atoms in total. The molecular formula is C21H30BrF3N4O3Si. The number of halogens is 4. The highest BCUT2D eigenvalue weighted by atomic mass is 79.9. The van der Waals surface area contributed by atoms with Crippen LogP contribution in [0, 0.1) is 29.3 Å². The lowest BCUT2D eigenvalue weighted by molar-refractivity contribution is -0.143. The van der Waals surface area contributed by atoms with Crippen LogP contribution < -0.4 is 5.32 Å². The van der Waals surface area contributed by atoms with Gasteiger partial charge >= 0.3 is 5.97 Å². The number of rotatable bonds is 13. The number of carboxylic acid groups (broad SMARTS) is 1. The molecule has 2 N–H and O–H groups in total.